The summed E-state index contributed by atoms with van der Waals surface area (Å²) in [7, 11) is 0. The second kappa shape index (κ2) is 6.14. The van der Waals surface area contributed by atoms with Gasteiger partial charge in [0.1, 0.15) is 5.75 Å². The van der Waals surface area contributed by atoms with Gasteiger partial charge in [0, 0.05) is 11.9 Å². The fourth-order valence-electron chi connectivity index (χ4n) is 2.10. The van der Waals surface area contributed by atoms with E-state index < -0.39 is 4.92 Å². The van der Waals surface area contributed by atoms with Crippen molar-refractivity contribution in [3.8, 4) is 11.5 Å². The summed E-state index contributed by atoms with van der Waals surface area (Å²) in [6, 6.07) is 8.69. The molecule has 0 fully saturated rings. The minimum atomic E-state index is -0.455. The number of alkyl halides is 1. The van der Waals surface area contributed by atoms with Crippen molar-refractivity contribution < 1.29 is 9.66 Å². The van der Waals surface area contributed by atoms with Gasteiger partial charge in [0.25, 0.3) is 0 Å². The second-order valence-corrected chi connectivity index (χ2v) is 5.27. The van der Waals surface area contributed by atoms with Gasteiger partial charge < -0.3 is 4.74 Å². The number of nitro benzene ring substituents is 1. The molecular formula is C16H16ClNO3. The van der Waals surface area contributed by atoms with E-state index in [2.05, 4.69) is 0 Å². The molecule has 0 atom stereocenters. The maximum atomic E-state index is 11.2. The molecular weight excluding hydrogens is 290 g/mol. The number of ether oxygens (including phenoxy) is 1. The number of hydrogen-bond acceptors (Lipinski definition) is 3. The first-order valence-corrected chi connectivity index (χ1v) is 7.05. The molecule has 21 heavy (non-hydrogen) atoms. The van der Waals surface area contributed by atoms with Gasteiger partial charge in [0.05, 0.1) is 4.92 Å². The molecule has 0 radical (unpaired) electrons. The van der Waals surface area contributed by atoms with Crippen LogP contribution < -0.4 is 4.74 Å². The zero-order chi connectivity index (χ0) is 15.6. The molecule has 110 valence electrons. The standard InChI is InChI=1S/C16H16ClNO3/c1-10-6-11(2)12(3)16(7-10)21-15-5-4-13(9-17)8-14(15)18(19)20/h4-8H,9H2,1-3H3. The van der Waals surface area contributed by atoms with Crippen LogP contribution in [0.5, 0.6) is 11.5 Å². The third-order valence-electron chi connectivity index (χ3n) is 3.36. The van der Waals surface area contributed by atoms with Crippen molar-refractivity contribution in [1.82, 2.24) is 0 Å². The molecule has 0 aromatic heterocycles. The minimum absolute atomic E-state index is 0.0771. The fourth-order valence-corrected chi connectivity index (χ4v) is 2.27. The fraction of sp³-hybridized carbons (Fsp3) is 0.250. The molecule has 0 saturated carbocycles. The van der Waals surface area contributed by atoms with Crippen LogP contribution in [0.3, 0.4) is 0 Å². The van der Waals surface area contributed by atoms with Crippen molar-refractivity contribution in [2.45, 2.75) is 26.7 Å². The summed E-state index contributed by atoms with van der Waals surface area (Å²) < 4.78 is 5.78. The van der Waals surface area contributed by atoms with Crippen LogP contribution in [0, 0.1) is 30.9 Å². The molecule has 0 amide bonds. The number of nitro groups is 1. The van der Waals surface area contributed by atoms with Crippen molar-refractivity contribution in [2.75, 3.05) is 0 Å². The molecule has 0 N–H and O–H groups in total. The molecule has 0 aliphatic carbocycles. The summed E-state index contributed by atoms with van der Waals surface area (Å²) in [5.41, 5.74) is 3.72. The van der Waals surface area contributed by atoms with Crippen LogP contribution in [-0.2, 0) is 5.88 Å². The van der Waals surface area contributed by atoms with Crippen LogP contribution >= 0.6 is 11.6 Å². The zero-order valence-electron chi connectivity index (χ0n) is 12.1. The first-order chi connectivity index (χ1) is 9.92. The summed E-state index contributed by atoms with van der Waals surface area (Å²) in [6.45, 7) is 5.88. The van der Waals surface area contributed by atoms with Crippen molar-refractivity contribution in [3.05, 3.63) is 62.7 Å². The normalized spacial score (nSPS) is 10.5. The van der Waals surface area contributed by atoms with Crippen LogP contribution in [-0.4, -0.2) is 4.92 Å². The number of halogens is 1. The Kier molecular flexibility index (Phi) is 4.48. The van der Waals surface area contributed by atoms with E-state index in [9.17, 15) is 10.1 Å². The minimum Gasteiger partial charge on any atom is -0.450 e. The summed E-state index contributed by atoms with van der Waals surface area (Å²) in [4.78, 5) is 10.7. The van der Waals surface area contributed by atoms with Gasteiger partial charge in [-0.3, -0.25) is 10.1 Å². The Labute approximate surface area is 128 Å². The van der Waals surface area contributed by atoms with E-state index in [1.165, 1.54) is 6.07 Å². The molecule has 0 aliphatic rings. The maximum Gasteiger partial charge on any atom is 0.311 e. The second-order valence-electron chi connectivity index (χ2n) is 5.00. The lowest BCUT2D eigenvalue weighted by molar-refractivity contribution is -0.385. The van der Waals surface area contributed by atoms with Crippen molar-refractivity contribution in [2.24, 2.45) is 0 Å². The lowest BCUT2D eigenvalue weighted by Crippen LogP contribution is -1.97. The maximum absolute atomic E-state index is 11.2. The molecule has 0 heterocycles. The molecule has 0 saturated heterocycles. The van der Waals surface area contributed by atoms with E-state index in [1.807, 2.05) is 32.9 Å². The quantitative estimate of drug-likeness (QED) is 0.451. The summed E-state index contributed by atoms with van der Waals surface area (Å²) in [5.74, 6) is 1.08. The molecule has 2 aromatic rings. The Morgan fingerprint density at radius 3 is 2.48 bits per heavy atom. The highest BCUT2D eigenvalue weighted by molar-refractivity contribution is 6.17. The Morgan fingerprint density at radius 2 is 1.86 bits per heavy atom. The molecule has 5 heteroatoms. The monoisotopic (exact) mass is 305 g/mol. The lowest BCUT2D eigenvalue weighted by atomic mass is 10.1. The van der Waals surface area contributed by atoms with Crippen molar-refractivity contribution >= 4 is 17.3 Å². The van der Waals surface area contributed by atoms with E-state index >= 15 is 0 Å². The highest BCUT2D eigenvalue weighted by Crippen LogP contribution is 2.35. The average molecular weight is 306 g/mol. The Bertz CT molecular complexity index is 698. The third-order valence-corrected chi connectivity index (χ3v) is 3.67. The highest BCUT2D eigenvalue weighted by atomic mass is 35.5. The molecule has 0 bridgehead atoms. The van der Waals surface area contributed by atoms with Crippen LogP contribution in [0.15, 0.2) is 30.3 Å². The number of benzene rings is 2. The Hall–Kier alpha value is -2.07. The highest BCUT2D eigenvalue weighted by Gasteiger charge is 2.17. The van der Waals surface area contributed by atoms with E-state index in [0.29, 0.717) is 11.3 Å². The molecule has 4 nitrogen and oxygen atoms in total. The van der Waals surface area contributed by atoms with Gasteiger partial charge >= 0.3 is 5.69 Å². The summed E-state index contributed by atoms with van der Waals surface area (Å²) in [6.07, 6.45) is 0. The van der Waals surface area contributed by atoms with Gasteiger partial charge in [-0.1, -0.05) is 12.1 Å². The summed E-state index contributed by atoms with van der Waals surface area (Å²) in [5, 5.41) is 11.2. The number of aryl methyl sites for hydroxylation is 2. The van der Waals surface area contributed by atoms with Gasteiger partial charge in [-0.05, 0) is 55.2 Å². The third kappa shape index (κ3) is 3.34. The van der Waals surface area contributed by atoms with Crippen LogP contribution in [0.4, 0.5) is 5.69 Å². The van der Waals surface area contributed by atoms with Gasteiger partial charge in [-0.2, -0.15) is 0 Å². The van der Waals surface area contributed by atoms with Gasteiger partial charge in [-0.15, -0.1) is 11.6 Å². The zero-order valence-corrected chi connectivity index (χ0v) is 12.9. The predicted molar refractivity (Wildman–Crippen MR) is 83.4 cm³/mol. The largest absolute Gasteiger partial charge is 0.450 e. The van der Waals surface area contributed by atoms with Gasteiger partial charge in [0.2, 0.25) is 5.75 Å². The van der Waals surface area contributed by atoms with Crippen LogP contribution in [0.25, 0.3) is 0 Å². The molecule has 0 unspecified atom stereocenters. The topological polar surface area (TPSA) is 52.4 Å². The van der Waals surface area contributed by atoms with Gasteiger partial charge in [-0.25, -0.2) is 0 Å². The van der Waals surface area contributed by atoms with Crippen LogP contribution in [0.1, 0.15) is 22.3 Å². The summed E-state index contributed by atoms with van der Waals surface area (Å²) >= 11 is 5.72. The Morgan fingerprint density at radius 1 is 1.14 bits per heavy atom. The lowest BCUT2D eigenvalue weighted by Gasteiger charge is -2.12. The van der Waals surface area contributed by atoms with Gasteiger partial charge in [0.15, 0.2) is 0 Å². The molecule has 0 aliphatic heterocycles. The van der Waals surface area contributed by atoms with E-state index in [0.717, 1.165) is 16.7 Å². The van der Waals surface area contributed by atoms with E-state index in [1.54, 1.807) is 12.1 Å². The van der Waals surface area contributed by atoms with E-state index in [-0.39, 0.29) is 17.3 Å². The first kappa shape index (κ1) is 15.3. The smallest absolute Gasteiger partial charge is 0.311 e. The van der Waals surface area contributed by atoms with Crippen molar-refractivity contribution in [1.29, 1.82) is 0 Å². The molecule has 2 aromatic carbocycles. The van der Waals surface area contributed by atoms with E-state index in [4.69, 9.17) is 16.3 Å². The van der Waals surface area contributed by atoms with Crippen molar-refractivity contribution in [3.63, 3.8) is 0 Å². The molecule has 2 rings (SSSR count). The Balaban J connectivity index is 2.47. The number of nitrogens with zero attached hydrogens (tertiary/aromatic N) is 1. The number of rotatable bonds is 4. The first-order valence-electron chi connectivity index (χ1n) is 6.51. The molecule has 0 spiro atoms. The van der Waals surface area contributed by atoms with Crippen LogP contribution in [0.2, 0.25) is 0 Å². The average Bonchev–Trinajstić information content (AvgIpc) is 2.44. The SMILES string of the molecule is Cc1cc(C)c(C)c(Oc2ccc(CCl)cc2[N+](=O)[O-])c1. The number of hydrogen-bond donors (Lipinski definition) is 0. The predicted octanol–water partition coefficient (Wildman–Crippen LogP) is 5.05.